The van der Waals surface area contributed by atoms with Gasteiger partial charge in [0.25, 0.3) is 5.91 Å². The number of aryl methyl sites for hydroxylation is 3. The van der Waals surface area contributed by atoms with Crippen LogP contribution in [0.3, 0.4) is 0 Å². The molecular formula is C31H41FN6O5. The van der Waals surface area contributed by atoms with Crippen molar-refractivity contribution in [3.8, 4) is 0 Å². The van der Waals surface area contributed by atoms with Gasteiger partial charge in [0.2, 0.25) is 17.7 Å². The fraction of sp³-hybridized carbons (Fsp3) is 0.548. The number of hydrogen-bond donors (Lipinski definition) is 2. The highest BCUT2D eigenvalue weighted by atomic mass is 19.1. The summed E-state index contributed by atoms with van der Waals surface area (Å²) in [7, 11) is 0. The van der Waals surface area contributed by atoms with Gasteiger partial charge in [-0.15, -0.1) is 0 Å². The van der Waals surface area contributed by atoms with Crippen molar-refractivity contribution in [3.63, 3.8) is 0 Å². The third kappa shape index (κ3) is 7.85. The normalized spacial score (nSPS) is 20.5. The van der Waals surface area contributed by atoms with E-state index < -0.39 is 29.5 Å². The standard InChI is InChI=1S/C31H41FN6O5/c1-19(2)25-17-36(28(40)11-14-37-21(4)15-20(3)34-31(37)43)18-27(39)33-12-5-7-22-9-10-24(32)23(16-22)30(42)38-13-6-8-26(38)29(41)35-25/h9-10,15-16,19,25-26H,5-8,11-14,17-18H2,1-4H3,(H,33,39)(H,35,41)/t25-,26-/m0/s1. The van der Waals surface area contributed by atoms with Crippen LogP contribution in [0, 0.1) is 25.6 Å². The topological polar surface area (TPSA) is 134 Å². The van der Waals surface area contributed by atoms with Crippen LogP contribution in [0.2, 0.25) is 0 Å². The van der Waals surface area contributed by atoms with Gasteiger partial charge < -0.3 is 20.4 Å². The summed E-state index contributed by atoms with van der Waals surface area (Å²) in [5, 5.41) is 5.84. The molecule has 2 atom stereocenters. The molecule has 232 valence electrons. The van der Waals surface area contributed by atoms with E-state index in [0.29, 0.717) is 50.2 Å². The van der Waals surface area contributed by atoms with Gasteiger partial charge in [0.05, 0.1) is 12.1 Å². The van der Waals surface area contributed by atoms with Gasteiger partial charge in [-0.25, -0.2) is 9.18 Å². The Labute approximate surface area is 250 Å². The molecule has 4 rings (SSSR count). The van der Waals surface area contributed by atoms with Crippen LogP contribution in [0.25, 0.3) is 0 Å². The Morgan fingerprint density at radius 3 is 2.60 bits per heavy atom. The summed E-state index contributed by atoms with van der Waals surface area (Å²) < 4.78 is 16.2. The number of aromatic nitrogens is 2. The predicted molar refractivity (Wildman–Crippen MR) is 158 cm³/mol. The molecule has 11 nitrogen and oxygen atoms in total. The zero-order valence-electron chi connectivity index (χ0n) is 25.3. The highest BCUT2D eigenvalue weighted by Gasteiger charge is 2.37. The van der Waals surface area contributed by atoms with Crippen molar-refractivity contribution in [2.75, 3.05) is 26.2 Å². The molecule has 12 heteroatoms. The summed E-state index contributed by atoms with van der Waals surface area (Å²) >= 11 is 0. The maximum atomic E-state index is 14.8. The summed E-state index contributed by atoms with van der Waals surface area (Å²) in [5.41, 5.74) is 1.51. The molecule has 2 aliphatic heterocycles. The number of hydrogen-bond acceptors (Lipinski definition) is 6. The van der Waals surface area contributed by atoms with Crippen molar-refractivity contribution in [2.45, 2.75) is 78.4 Å². The van der Waals surface area contributed by atoms with Crippen LogP contribution in [0.15, 0.2) is 29.1 Å². The van der Waals surface area contributed by atoms with Gasteiger partial charge in [-0.05, 0) is 69.2 Å². The lowest BCUT2D eigenvalue weighted by Crippen LogP contribution is -2.55. The Morgan fingerprint density at radius 1 is 1.12 bits per heavy atom. The van der Waals surface area contributed by atoms with Crippen molar-refractivity contribution in [1.82, 2.24) is 30.0 Å². The minimum atomic E-state index is -0.774. The van der Waals surface area contributed by atoms with E-state index in [0.717, 1.165) is 5.56 Å². The Hall–Kier alpha value is -4.09. The van der Waals surface area contributed by atoms with Gasteiger partial charge >= 0.3 is 5.69 Å². The van der Waals surface area contributed by atoms with E-state index in [1.165, 1.54) is 26.5 Å². The molecular weight excluding hydrogens is 555 g/mol. The van der Waals surface area contributed by atoms with Gasteiger partial charge in [-0.2, -0.15) is 4.98 Å². The highest BCUT2D eigenvalue weighted by Crippen LogP contribution is 2.23. The summed E-state index contributed by atoms with van der Waals surface area (Å²) in [5.74, 6) is -2.36. The Bertz CT molecular complexity index is 1440. The minimum Gasteiger partial charge on any atom is -0.355 e. The summed E-state index contributed by atoms with van der Waals surface area (Å²) in [6.45, 7) is 7.90. The molecule has 1 saturated heterocycles. The SMILES string of the molecule is Cc1cc(C)n(CCC(=O)N2CC(=O)NCCCc3ccc(F)c(c3)C(=O)N3CCC[C@H]3C(=O)N[C@H](C(C)C)C2)c(=O)n1. The Morgan fingerprint density at radius 2 is 1.88 bits per heavy atom. The highest BCUT2D eigenvalue weighted by molar-refractivity contribution is 5.98. The van der Waals surface area contributed by atoms with Crippen molar-refractivity contribution in [2.24, 2.45) is 5.92 Å². The molecule has 1 aromatic heterocycles. The van der Waals surface area contributed by atoms with E-state index in [4.69, 9.17) is 0 Å². The van der Waals surface area contributed by atoms with E-state index in [2.05, 4.69) is 15.6 Å². The number of fused-ring (bicyclic) bond motifs is 3. The fourth-order valence-corrected chi connectivity index (χ4v) is 5.68. The molecule has 2 aromatic rings. The van der Waals surface area contributed by atoms with Crippen LogP contribution in [-0.2, 0) is 27.3 Å². The van der Waals surface area contributed by atoms with Crippen molar-refractivity contribution < 1.29 is 23.6 Å². The lowest BCUT2D eigenvalue weighted by Gasteiger charge is -2.32. The van der Waals surface area contributed by atoms with Gasteiger partial charge in [0.1, 0.15) is 11.9 Å². The zero-order valence-corrected chi connectivity index (χ0v) is 25.3. The van der Waals surface area contributed by atoms with Gasteiger partial charge in [-0.3, -0.25) is 23.7 Å². The molecule has 0 unspecified atom stereocenters. The van der Waals surface area contributed by atoms with Crippen LogP contribution < -0.4 is 16.3 Å². The first-order valence-corrected chi connectivity index (χ1v) is 14.9. The second kappa shape index (κ2) is 13.9. The second-order valence-electron chi connectivity index (χ2n) is 11.8. The molecule has 1 aromatic carbocycles. The van der Waals surface area contributed by atoms with E-state index in [9.17, 15) is 28.4 Å². The maximum Gasteiger partial charge on any atom is 0.347 e. The van der Waals surface area contributed by atoms with E-state index >= 15 is 0 Å². The number of halogens is 1. The first-order valence-electron chi connectivity index (χ1n) is 14.9. The number of rotatable bonds is 4. The lowest BCUT2D eigenvalue weighted by atomic mass is 10.0. The molecule has 2 bridgehead atoms. The zero-order chi connectivity index (χ0) is 31.3. The van der Waals surface area contributed by atoms with Gasteiger partial charge in [0.15, 0.2) is 0 Å². The van der Waals surface area contributed by atoms with Crippen LogP contribution in [-0.4, -0.2) is 81.2 Å². The number of carbonyl (C=O) groups excluding carboxylic acids is 4. The molecule has 1 fully saturated rings. The average Bonchev–Trinajstić information content (AvgIpc) is 3.44. The van der Waals surface area contributed by atoms with Crippen molar-refractivity contribution in [3.05, 3.63) is 63.1 Å². The Balaban J connectivity index is 1.59. The molecule has 0 saturated carbocycles. The summed E-state index contributed by atoms with van der Waals surface area (Å²) in [6.07, 6.45) is 2.05. The van der Waals surface area contributed by atoms with Crippen LogP contribution >= 0.6 is 0 Å². The van der Waals surface area contributed by atoms with Crippen molar-refractivity contribution in [1.29, 1.82) is 0 Å². The largest absolute Gasteiger partial charge is 0.355 e. The molecule has 3 heterocycles. The first-order chi connectivity index (χ1) is 20.4. The second-order valence-corrected chi connectivity index (χ2v) is 11.8. The average molecular weight is 597 g/mol. The van der Waals surface area contributed by atoms with E-state index in [1.807, 2.05) is 13.8 Å². The monoisotopic (exact) mass is 596 g/mol. The van der Waals surface area contributed by atoms with Crippen LogP contribution in [0.4, 0.5) is 4.39 Å². The quantitative estimate of drug-likeness (QED) is 0.552. The van der Waals surface area contributed by atoms with Gasteiger partial charge in [-0.1, -0.05) is 19.9 Å². The van der Waals surface area contributed by atoms with Crippen molar-refractivity contribution >= 4 is 23.6 Å². The number of benzene rings is 1. The molecule has 2 aliphatic rings. The molecule has 4 amide bonds. The summed E-state index contributed by atoms with van der Waals surface area (Å²) in [6, 6.07) is 4.87. The predicted octanol–water partition coefficient (Wildman–Crippen LogP) is 1.73. The molecule has 43 heavy (non-hydrogen) atoms. The number of nitrogens with one attached hydrogen (secondary N) is 2. The number of carbonyl (C=O) groups is 4. The fourth-order valence-electron chi connectivity index (χ4n) is 5.68. The maximum absolute atomic E-state index is 14.8. The van der Waals surface area contributed by atoms with E-state index in [1.54, 1.807) is 26.0 Å². The van der Waals surface area contributed by atoms with E-state index in [-0.39, 0.29) is 55.3 Å². The molecule has 0 aliphatic carbocycles. The molecule has 2 N–H and O–H groups in total. The van der Waals surface area contributed by atoms with Gasteiger partial charge in [0, 0.05) is 50.0 Å². The Kier molecular flexibility index (Phi) is 10.3. The lowest BCUT2D eigenvalue weighted by molar-refractivity contribution is -0.137. The third-order valence-corrected chi connectivity index (χ3v) is 8.17. The minimum absolute atomic E-state index is 0.0381. The number of amides is 4. The molecule has 0 spiro atoms. The first kappa shape index (κ1) is 31.8. The molecule has 0 radical (unpaired) electrons. The third-order valence-electron chi connectivity index (χ3n) is 8.17. The van der Waals surface area contributed by atoms with Crippen LogP contribution in [0.1, 0.15) is 66.8 Å². The summed E-state index contributed by atoms with van der Waals surface area (Å²) in [4.78, 5) is 72.7. The number of nitrogens with zero attached hydrogens (tertiary/aromatic N) is 4. The van der Waals surface area contributed by atoms with Crippen LogP contribution in [0.5, 0.6) is 0 Å². The smallest absolute Gasteiger partial charge is 0.347 e.